The van der Waals surface area contributed by atoms with Gasteiger partial charge in [-0.3, -0.25) is 4.79 Å². The number of nitrogens with zero attached hydrogens (tertiary/aromatic N) is 3. The summed E-state index contributed by atoms with van der Waals surface area (Å²) in [6.07, 6.45) is 1.58. The summed E-state index contributed by atoms with van der Waals surface area (Å²) in [4.78, 5) is 20.1. The zero-order chi connectivity index (χ0) is 10.6. The first-order valence-corrected chi connectivity index (χ1v) is 4.31. The highest BCUT2D eigenvalue weighted by atomic mass is 16.4. The lowest BCUT2D eigenvalue weighted by molar-refractivity contribution is -0.136. The molecule has 0 amide bonds. The van der Waals surface area contributed by atoms with Crippen LogP contribution in [0.2, 0.25) is 0 Å². The Kier molecular flexibility index (Phi) is 3.39. The van der Waals surface area contributed by atoms with Crippen molar-refractivity contribution in [1.29, 1.82) is 0 Å². The molecule has 0 radical (unpaired) electrons. The highest BCUT2D eigenvalue weighted by molar-refractivity contribution is 5.67. The van der Waals surface area contributed by atoms with E-state index in [1.807, 2.05) is 20.0 Å². The maximum atomic E-state index is 10.3. The van der Waals surface area contributed by atoms with E-state index >= 15 is 0 Å². The van der Waals surface area contributed by atoms with Crippen molar-refractivity contribution in [2.45, 2.75) is 13.3 Å². The SMILES string of the molecule is Cc1cc(N(C)CCC(=O)O)ncn1. The van der Waals surface area contributed by atoms with E-state index in [1.54, 1.807) is 4.90 Å². The van der Waals surface area contributed by atoms with Crippen LogP contribution in [0, 0.1) is 6.92 Å². The van der Waals surface area contributed by atoms with Gasteiger partial charge in [0.05, 0.1) is 6.42 Å². The van der Waals surface area contributed by atoms with Gasteiger partial charge in [0.2, 0.25) is 0 Å². The Labute approximate surface area is 82.4 Å². The highest BCUT2D eigenvalue weighted by Gasteiger charge is 2.04. The second-order valence-corrected chi connectivity index (χ2v) is 3.08. The van der Waals surface area contributed by atoms with Crippen LogP contribution in [-0.4, -0.2) is 34.6 Å². The van der Waals surface area contributed by atoms with Gasteiger partial charge in [-0.2, -0.15) is 0 Å². The fourth-order valence-electron chi connectivity index (χ4n) is 1.03. The van der Waals surface area contributed by atoms with Gasteiger partial charge in [-0.05, 0) is 6.92 Å². The number of aryl methyl sites for hydroxylation is 1. The van der Waals surface area contributed by atoms with Crippen LogP contribution in [0.3, 0.4) is 0 Å². The molecule has 14 heavy (non-hydrogen) atoms. The molecule has 5 heteroatoms. The number of aromatic nitrogens is 2. The summed E-state index contributed by atoms with van der Waals surface area (Å²) in [6.45, 7) is 2.32. The number of anilines is 1. The van der Waals surface area contributed by atoms with Crippen LogP contribution in [0.4, 0.5) is 5.82 Å². The van der Waals surface area contributed by atoms with E-state index in [2.05, 4.69) is 9.97 Å². The van der Waals surface area contributed by atoms with Crippen molar-refractivity contribution in [3.63, 3.8) is 0 Å². The number of rotatable bonds is 4. The molecule has 1 rings (SSSR count). The molecule has 0 unspecified atom stereocenters. The predicted octanol–water partition coefficient (Wildman–Crippen LogP) is 0.696. The molecule has 0 aliphatic rings. The Morgan fingerprint density at radius 2 is 2.29 bits per heavy atom. The van der Waals surface area contributed by atoms with Crippen LogP contribution in [0.5, 0.6) is 0 Å². The van der Waals surface area contributed by atoms with Gasteiger partial charge in [0.1, 0.15) is 12.1 Å². The minimum atomic E-state index is -0.803. The zero-order valence-electron chi connectivity index (χ0n) is 8.27. The standard InChI is InChI=1S/C9H13N3O2/c1-7-5-8(11-6-10-7)12(2)4-3-9(13)14/h5-6H,3-4H2,1-2H3,(H,13,14). The third kappa shape index (κ3) is 3.01. The molecule has 0 fully saturated rings. The van der Waals surface area contributed by atoms with E-state index in [9.17, 15) is 4.79 Å². The molecule has 0 aliphatic heterocycles. The molecular weight excluding hydrogens is 182 g/mol. The fraction of sp³-hybridized carbons (Fsp3) is 0.444. The van der Waals surface area contributed by atoms with Gasteiger partial charge in [0, 0.05) is 25.4 Å². The van der Waals surface area contributed by atoms with Crippen LogP contribution >= 0.6 is 0 Å². The first-order valence-electron chi connectivity index (χ1n) is 4.31. The third-order valence-electron chi connectivity index (χ3n) is 1.84. The molecule has 5 nitrogen and oxygen atoms in total. The lowest BCUT2D eigenvalue weighted by Crippen LogP contribution is -2.22. The Hall–Kier alpha value is -1.65. The summed E-state index contributed by atoms with van der Waals surface area (Å²) in [5.74, 6) is -0.0543. The second kappa shape index (κ2) is 4.55. The molecule has 76 valence electrons. The first kappa shape index (κ1) is 10.4. The van der Waals surface area contributed by atoms with Gasteiger partial charge >= 0.3 is 5.97 Å². The number of carbonyl (C=O) groups is 1. The van der Waals surface area contributed by atoms with E-state index in [1.165, 1.54) is 6.33 Å². The zero-order valence-corrected chi connectivity index (χ0v) is 8.27. The molecule has 0 aromatic carbocycles. The topological polar surface area (TPSA) is 66.3 Å². The van der Waals surface area contributed by atoms with Crippen LogP contribution in [0.25, 0.3) is 0 Å². The number of carboxylic acid groups (broad SMARTS) is 1. The largest absolute Gasteiger partial charge is 0.481 e. The van der Waals surface area contributed by atoms with Gasteiger partial charge < -0.3 is 10.0 Å². The van der Waals surface area contributed by atoms with Crippen molar-refractivity contribution in [1.82, 2.24) is 9.97 Å². The van der Waals surface area contributed by atoms with Crippen molar-refractivity contribution in [3.8, 4) is 0 Å². The molecule has 0 atom stereocenters. The minimum Gasteiger partial charge on any atom is -0.481 e. The molecule has 1 aromatic rings. The fourth-order valence-corrected chi connectivity index (χ4v) is 1.03. The van der Waals surface area contributed by atoms with Crippen LogP contribution in [0.1, 0.15) is 12.1 Å². The maximum Gasteiger partial charge on any atom is 0.305 e. The Bertz CT molecular complexity index is 328. The smallest absolute Gasteiger partial charge is 0.305 e. The van der Waals surface area contributed by atoms with Crippen molar-refractivity contribution in [3.05, 3.63) is 18.1 Å². The average Bonchev–Trinajstić information content (AvgIpc) is 2.14. The summed E-state index contributed by atoms with van der Waals surface area (Å²) in [5.41, 5.74) is 0.872. The average molecular weight is 195 g/mol. The number of carboxylic acids is 1. The van der Waals surface area contributed by atoms with Crippen LogP contribution < -0.4 is 4.90 Å². The summed E-state index contributed by atoms with van der Waals surface area (Å²) in [7, 11) is 1.81. The molecule has 0 saturated heterocycles. The Morgan fingerprint density at radius 3 is 2.86 bits per heavy atom. The van der Waals surface area contributed by atoms with Crippen molar-refractivity contribution in [2.75, 3.05) is 18.5 Å². The molecule has 1 heterocycles. The van der Waals surface area contributed by atoms with Gasteiger partial charge in [-0.15, -0.1) is 0 Å². The molecule has 0 saturated carbocycles. The minimum absolute atomic E-state index is 0.111. The van der Waals surface area contributed by atoms with Gasteiger partial charge in [0.15, 0.2) is 0 Å². The van der Waals surface area contributed by atoms with Crippen molar-refractivity contribution >= 4 is 11.8 Å². The molecule has 0 spiro atoms. The number of hydrogen-bond acceptors (Lipinski definition) is 4. The van der Waals surface area contributed by atoms with E-state index < -0.39 is 5.97 Å². The van der Waals surface area contributed by atoms with E-state index in [0.717, 1.165) is 11.5 Å². The Balaban J connectivity index is 2.60. The van der Waals surface area contributed by atoms with Crippen molar-refractivity contribution < 1.29 is 9.90 Å². The summed E-state index contributed by atoms with van der Waals surface area (Å²) in [5, 5.41) is 8.50. The molecule has 0 bridgehead atoms. The first-order chi connectivity index (χ1) is 6.59. The molecule has 1 N–H and O–H groups in total. The van der Waals surface area contributed by atoms with Crippen LogP contribution in [-0.2, 0) is 4.79 Å². The van der Waals surface area contributed by atoms with Crippen molar-refractivity contribution in [2.24, 2.45) is 0 Å². The van der Waals surface area contributed by atoms with E-state index in [-0.39, 0.29) is 6.42 Å². The summed E-state index contributed by atoms with van der Waals surface area (Å²) in [6, 6.07) is 1.82. The highest BCUT2D eigenvalue weighted by Crippen LogP contribution is 2.08. The predicted molar refractivity (Wildman–Crippen MR) is 52.3 cm³/mol. The lowest BCUT2D eigenvalue weighted by atomic mass is 10.3. The van der Waals surface area contributed by atoms with Crippen LogP contribution in [0.15, 0.2) is 12.4 Å². The lowest BCUT2D eigenvalue weighted by Gasteiger charge is -2.16. The second-order valence-electron chi connectivity index (χ2n) is 3.08. The Morgan fingerprint density at radius 1 is 1.57 bits per heavy atom. The quantitative estimate of drug-likeness (QED) is 0.765. The number of hydrogen-bond donors (Lipinski definition) is 1. The van der Waals surface area contributed by atoms with E-state index in [0.29, 0.717) is 6.54 Å². The van der Waals surface area contributed by atoms with Gasteiger partial charge in [-0.1, -0.05) is 0 Å². The molecule has 0 aliphatic carbocycles. The molecular formula is C9H13N3O2. The van der Waals surface area contributed by atoms with Gasteiger partial charge in [-0.25, -0.2) is 9.97 Å². The normalized spacial score (nSPS) is 9.86. The monoisotopic (exact) mass is 195 g/mol. The summed E-state index contributed by atoms with van der Waals surface area (Å²) >= 11 is 0. The maximum absolute atomic E-state index is 10.3. The molecule has 1 aromatic heterocycles. The summed E-state index contributed by atoms with van der Waals surface area (Å²) < 4.78 is 0. The number of aliphatic carboxylic acids is 1. The van der Waals surface area contributed by atoms with Gasteiger partial charge in [0.25, 0.3) is 0 Å². The van der Waals surface area contributed by atoms with E-state index in [4.69, 9.17) is 5.11 Å². The third-order valence-corrected chi connectivity index (χ3v) is 1.84.